The van der Waals surface area contributed by atoms with Gasteiger partial charge in [0.1, 0.15) is 0 Å². The highest BCUT2D eigenvalue weighted by Crippen LogP contribution is 2.28. The Balaban J connectivity index is 0.000000829. The van der Waals surface area contributed by atoms with Crippen LogP contribution in [-0.2, 0) is 0 Å². The molecule has 0 heterocycles. The Morgan fingerprint density at radius 3 is 1.20 bits per heavy atom. The van der Waals surface area contributed by atoms with Gasteiger partial charge in [-0.2, -0.15) is 0 Å². The van der Waals surface area contributed by atoms with Crippen LogP contribution in [0.25, 0.3) is 0 Å². The molecule has 2 aromatic rings. The van der Waals surface area contributed by atoms with Crippen LogP contribution in [0.3, 0.4) is 0 Å². The van der Waals surface area contributed by atoms with Crippen molar-refractivity contribution in [3.63, 3.8) is 0 Å². The molecule has 2 aromatic carbocycles. The van der Waals surface area contributed by atoms with Gasteiger partial charge in [-0.1, -0.05) is 83.1 Å². The van der Waals surface area contributed by atoms with Crippen LogP contribution in [0.2, 0.25) is 0 Å². The summed E-state index contributed by atoms with van der Waals surface area (Å²) >= 11 is 0. The molecule has 0 nitrogen and oxygen atoms in total. The lowest BCUT2D eigenvalue weighted by Gasteiger charge is -2.17. The first-order valence-corrected chi connectivity index (χ1v) is 7.81. The largest absolute Gasteiger partial charge is 0.0683 e. The van der Waals surface area contributed by atoms with Crippen molar-refractivity contribution in [1.82, 2.24) is 0 Å². The summed E-state index contributed by atoms with van der Waals surface area (Å²) in [5, 5.41) is 0. The Bertz CT molecular complexity index is 437. The molecule has 0 aliphatic rings. The van der Waals surface area contributed by atoms with Crippen LogP contribution in [0, 0.1) is 13.8 Å². The Labute approximate surface area is 125 Å². The zero-order chi connectivity index (χ0) is 15.5. The molecule has 110 valence electrons. The van der Waals surface area contributed by atoms with Gasteiger partial charge in [0.2, 0.25) is 0 Å². The number of aryl methyl sites for hydroxylation is 2. The third-order valence-electron chi connectivity index (χ3n) is 3.31. The van der Waals surface area contributed by atoms with Crippen molar-refractivity contribution in [3.05, 3.63) is 70.8 Å². The molecule has 0 bridgehead atoms. The summed E-state index contributed by atoms with van der Waals surface area (Å²) in [6.07, 6.45) is 0. The molecular formula is C20H30. The lowest BCUT2D eigenvalue weighted by molar-refractivity contribution is 0.899. The molecule has 0 aromatic heterocycles. The zero-order valence-electron chi connectivity index (χ0n) is 14.2. The summed E-state index contributed by atoms with van der Waals surface area (Å²) in [6.45, 7) is 14.7. The molecule has 0 saturated heterocycles. The second-order valence-corrected chi connectivity index (χ2v) is 4.43. The summed E-state index contributed by atoms with van der Waals surface area (Å²) in [4.78, 5) is 0. The Kier molecular flexibility index (Phi) is 9.45. The van der Waals surface area contributed by atoms with Gasteiger partial charge in [0.15, 0.2) is 0 Å². The fourth-order valence-corrected chi connectivity index (χ4v) is 2.31. The van der Waals surface area contributed by atoms with E-state index in [1.165, 1.54) is 22.3 Å². The Morgan fingerprint density at radius 1 is 0.600 bits per heavy atom. The predicted octanol–water partition coefficient (Wildman–Crippen LogP) is 6.51. The van der Waals surface area contributed by atoms with Gasteiger partial charge in [0.05, 0.1) is 0 Å². The molecule has 0 heteroatoms. The van der Waals surface area contributed by atoms with Gasteiger partial charge in [-0.25, -0.2) is 0 Å². The minimum atomic E-state index is 0.474. The van der Waals surface area contributed by atoms with E-state index >= 15 is 0 Å². The number of benzene rings is 2. The van der Waals surface area contributed by atoms with Gasteiger partial charge in [-0.15, -0.1) is 0 Å². The van der Waals surface area contributed by atoms with Crippen molar-refractivity contribution < 1.29 is 0 Å². The lowest BCUT2D eigenvalue weighted by Crippen LogP contribution is -2.00. The van der Waals surface area contributed by atoms with E-state index in [0.717, 1.165) is 0 Å². The molecule has 0 radical (unpaired) electrons. The highest BCUT2D eigenvalue weighted by atomic mass is 14.2. The first-order chi connectivity index (χ1) is 9.70. The average Bonchev–Trinajstić information content (AvgIpc) is 2.52. The van der Waals surface area contributed by atoms with Gasteiger partial charge in [-0.3, -0.25) is 0 Å². The molecule has 0 saturated carbocycles. The highest BCUT2D eigenvalue weighted by Gasteiger charge is 2.11. The SMILES string of the molecule is CC.CC.Cc1ccccc1C(C)c1ccccc1C. The number of hydrogen-bond donors (Lipinski definition) is 0. The normalized spacial score (nSPS) is 9.20. The Hall–Kier alpha value is -1.56. The zero-order valence-corrected chi connectivity index (χ0v) is 14.2. The van der Waals surface area contributed by atoms with E-state index in [2.05, 4.69) is 69.3 Å². The van der Waals surface area contributed by atoms with Crippen molar-refractivity contribution in [2.75, 3.05) is 0 Å². The van der Waals surface area contributed by atoms with Gasteiger partial charge in [0, 0.05) is 5.92 Å². The van der Waals surface area contributed by atoms with Crippen LogP contribution in [-0.4, -0.2) is 0 Å². The summed E-state index contributed by atoms with van der Waals surface area (Å²) in [5.74, 6) is 0.474. The van der Waals surface area contributed by atoms with Crippen molar-refractivity contribution in [1.29, 1.82) is 0 Å². The van der Waals surface area contributed by atoms with Gasteiger partial charge < -0.3 is 0 Å². The topological polar surface area (TPSA) is 0 Å². The molecule has 0 amide bonds. The quantitative estimate of drug-likeness (QED) is 0.583. The molecule has 0 spiro atoms. The first-order valence-electron chi connectivity index (χ1n) is 7.81. The maximum absolute atomic E-state index is 2.28. The fourth-order valence-electron chi connectivity index (χ4n) is 2.31. The maximum atomic E-state index is 2.28. The molecular weight excluding hydrogens is 240 g/mol. The minimum absolute atomic E-state index is 0.474. The summed E-state index contributed by atoms with van der Waals surface area (Å²) in [7, 11) is 0. The van der Waals surface area contributed by atoms with Gasteiger partial charge in [0.25, 0.3) is 0 Å². The van der Waals surface area contributed by atoms with Crippen LogP contribution < -0.4 is 0 Å². The predicted molar refractivity (Wildman–Crippen MR) is 92.6 cm³/mol. The number of rotatable bonds is 2. The van der Waals surface area contributed by atoms with Crippen LogP contribution in [0.15, 0.2) is 48.5 Å². The van der Waals surface area contributed by atoms with Crippen LogP contribution >= 0.6 is 0 Å². The first kappa shape index (κ1) is 18.4. The number of hydrogen-bond acceptors (Lipinski definition) is 0. The van der Waals surface area contributed by atoms with Crippen molar-refractivity contribution in [2.24, 2.45) is 0 Å². The van der Waals surface area contributed by atoms with E-state index in [1.54, 1.807) is 0 Å². The summed E-state index contributed by atoms with van der Waals surface area (Å²) in [6, 6.07) is 17.3. The van der Waals surface area contributed by atoms with E-state index < -0.39 is 0 Å². The molecule has 2 rings (SSSR count). The van der Waals surface area contributed by atoms with Crippen LogP contribution in [0.4, 0.5) is 0 Å². The van der Waals surface area contributed by atoms with E-state index in [9.17, 15) is 0 Å². The van der Waals surface area contributed by atoms with Gasteiger partial charge >= 0.3 is 0 Å². The van der Waals surface area contributed by atoms with E-state index in [4.69, 9.17) is 0 Å². The fraction of sp³-hybridized carbons (Fsp3) is 0.400. The summed E-state index contributed by atoms with van der Waals surface area (Å²) in [5.41, 5.74) is 5.60. The standard InChI is InChI=1S/C16H18.2C2H6/c1-12-8-4-6-10-15(12)14(3)16-11-7-5-9-13(16)2;2*1-2/h4-11,14H,1-3H3;2*1-2H3. The third kappa shape index (κ3) is 4.85. The smallest absolute Gasteiger partial charge is 0.00662 e. The lowest BCUT2D eigenvalue weighted by atomic mass is 9.88. The molecule has 0 unspecified atom stereocenters. The molecule has 0 atom stereocenters. The van der Waals surface area contributed by atoms with Crippen molar-refractivity contribution >= 4 is 0 Å². The maximum Gasteiger partial charge on any atom is 0.00662 e. The second-order valence-electron chi connectivity index (χ2n) is 4.43. The molecule has 0 aliphatic heterocycles. The molecule has 0 aliphatic carbocycles. The molecule has 0 N–H and O–H groups in total. The third-order valence-corrected chi connectivity index (χ3v) is 3.31. The van der Waals surface area contributed by atoms with E-state index in [0.29, 0.717) is 5.92 Å². The Morgan fingerprint density at radius 2 is 0.900 bits per heavy atom. The minimum Gasteiger partial charge on any atom is -0.0683 e. The van der Waals surface area contributed by atoms with E-state index in [-0.39, 0.29) is 0 Å². The average molecular weight is 270 g/mol. The van der Waals surface area contributed by atoms with Gasteiger partial charge in [-0.05, 0) is 36.1 Å². The second kappa shape index (κ2) is 10.3. The van der Waals surface area contributed by atoms with Crippen molar-refractivity contribution in [3.8, 4) is 0 Å². The van der Waals surface area contributed by atoms with Crippen molar-refractivity contribution in [2.45, 2.75) is 54.4 Å². The monoisotopic (exact) mass is 270 g/mol. The van der Waals surface area contributed by atoms with E-state index in [1.807, 2.05) is 27.7 Å². The summed E-state index contributed by atoms with van der Waals surface area (Å²) < 4.78 is 0. The highest BCUT2D eigenvalue weighted by molar-refractivity contribution is 5.39. The molecule has 20 heavy (non-hydrogen) atoms. The molecule has 0 fully saturated rings. The van der Waals surface area contributed by atoms with Crippen LogP contribution in [0.5, 0.6) is 0 Å². The van der Waals surface area contributed by atoms with Crippen LogP contribution in [0.1, 0.15) is 62.8 Å².